The highest BCUT2D eigenvalue weighted by molar-refractivity contribution is 5.93. The molecule has 3 aliphatic heterocycles. The van der Waals surface area contributed by atoms with Gasteiger partial charge in [-0.15, -0.1) is 0 Å². The van der Waals surface area contributed by atoms with E-state index in [1.165, 1.54) is 37.7 Å². The van der Waals surface area contributed by atoms with Crippen molar-refractivity contribution in [3.63, 3.8) is 0 Å². The van der Waals surface area contributed by atoms with Gasteiger partial charge in [0.1, 0.15) is 0 Å². The molecule has 120 valence electrons. The summed E-state index contributed by atoms with van der Waals surface area (Å²) in [5, 5.41) is 3.61. The number of para-hydroxylation sites is 1. The number of carbonyl (C=O) groups is 1. The van der Waals surface area contributed by atoms with E-state index in [0.717, 1.165) is 30.7 Å². The molecule has 0 radical (unpaired) electrons. The lowest BCUT2D eigenvalue weighted by atomic mass is 9.62. The predicted molar refractivity (Wildman–Crippen MR) is 88.1 cm³/mol. The lowest BCUT2D eigenvalue weighted by Gasteiger charge is -2.48. The Morgan fingerprint density at radius 1 is 1.35 bits per heavy atom. The Balaban J connectivity index is 1.77. The second-order valence-corrected chi connectivity index (χ2v) is 7.32. The fraction of sp³-hybridized carbons (Fsp3) is 0.526. The third-order valence-corrected chi connectivity index (χ3v) is 6.47. The van der Waals surface area contributed by atoms with Gasteiger partial charge in [-0.2, -0.15) is 0 Å². The maximum Gasteiger partial charge on any atom is 0.335 e. The minimum atomic E-state index is -0.151. The molecule has 23 heavy (non-hydrogen) atoms. The van der Waals surface area contributed by atoms with Gasteiger partial charge in [0.2, 0.25) is 0 Å². The lowest BCUT2D eigenvalue weighted by Crippen LogP contribution is -2.53. The Morgan fingerprint density at radius 3 is 3.09 bits per heavy atom. The summed E-state index contributed by atoms with van der Waals surface area (Å²) < 4.78 is 5.13. The van der Waals surface area contributed by atoms with Crippen LogP contribution in [0.25, 0.3) is 0 Å². The molecule has 0 unspecified atom stereocenters. The van der Waals surface area contributed by atoms with Crippen molar-refractivity contribution in [3.05, 3.63) is 41.1 Å². The zero-order valence-electron chi connectivity index (χ0n) is 13.5. The quantitative estimate of drug-likeness (QED) is 0.810. The van der Waals surface area contributed by atoms with E-state index in [1.807, 2.05) is 0 Å². The first-order chi connectivity index (χ1) is 11.3. The van der Waals surface area contributed by atoms with Crippen LogP contribution in [-0.2, 0) is 14.9 Å². The van der Waals surface area contributed by atoms with Gasteiger partial charge in [0, 0.05) is 17.4 Å². The molecule has 1 N–H and O–H groups in total. The van der Waals surface area contributed by atoms with Crippen molar-refractivity contribution in [2.45, 2.75) is 37.1 Å². The number of nitrogens with one attached hydrogen (secondary N) is 1. The normalized spacial score (nSPS) is 34.5. The first kappa shape index (κ1) is 13.6. The molecule has 4 nitrogen and oxygen atoms in total. The molecule has 5 rings (SSSR count). The number of methoxy groups -OCH3 is 1. The Morgan fingerprint density at radius 2 is 2.22 bits per heavy atom. The van der Waals surface area contributed by atoms with Crippen LogP contribution in [0.2, 0.25) is 0 Å². The molecule has 3 heterocycles. The van der Waals surface area contributed by atoms with E-state index in [4.69, 9.17) is 4.74 Å². The van der Waals surface area contributed by atoms with E-state index in [0.29, 0.717) is 12.0 Å². The minimum Gasteiger partial charge on any atom is -0.466 e. The van der Waals surface area contributed by atoms with E-state index in [9.17, 15) is 4.79 Å². The van der Waals surface area contributed by atoms with Crippen molar-refractivity contribution in [2.24, 2.45) is 5.92 Å². The van der Waals surface area contributed by atoms with Gasteiger partial charge in [-0.3, -0.25) is 4.90 Å². The molecule has 4 aliphatic rings. The molecule has 2 saturated heterocycles. The van der Waals surface area contributed by atoms with Gasteiger partial charge in [0.05, 0.1) is 18.1 Å². The minimum absolute atomic E-state index is 0.0244. The van der Waals surface area contributed by atoms with Crippen LogP contribution in [0.1, 0.15) is 31.2 Å². The molecule has 0 saturated carbocycles. The van der Waals surface area contributed by atoms with Crippen molar-refractivity contribution in [3.8, 4) is 0 Å². The van der Waals surface area contributed by atoms with Crippen LogP contribution in [0.4, 0.5) is 5.69 Å². The summed E-state index contributed by atoms with van der Waals surface area (Å²) in [6.07, 6.45) is 4.43. The summed E-state index contributed by atoms with van der Waals surface area (Å²) in [5.41, 5.74) is 4.56. The summed E-state index contributed by atoms with van der Waals surface area (Å²) in [7, 11) is 1.50. The molecular formula is C19H22N2O2. The smallest absolute Gasteiger partial charge is 0.335 e. The number of nitrogens with zero attached hydrogens (tertiary/aromatic N) is 1. The van der Waals surface area contributed by atoms with Crippen LogP contribution < -0.4 is 5.32 Å². The van der Waals surface area contributed by atoms with E-state index in [2.05, 4.69) is 34.5 Å². The van der Waals surface area contributed by atoms with Gasteiger partial charge in [-0.25, -0.2) is 4.79 Å². The van der Waals surface area contributed by atoms with E-state index in [1.54, 1.807) is 0 Å². The number of benzene rings is 1. The topological polar surface area (TPSA) is 41.6 Å². The highest BCUT2D eigenvalue weighted by Crippen LogP contribution is 2.60. The number of ether oxygens (including phenoxy) is 1. The summed E-state index contributed by atoms with van der Waals surface area (Å²) in [5.74, 6) is 0.416. The maximum atomic E-state index is 12.5. The number of fused-ring (bicyclic) bond motifs is 1. The average molecular weight is 310 g/mol. The number of hydrogen-bond acceptors (Lipinski definition) is 4. The van der Waals surface area contributed by atoms with E-state index in [-0.39, 0.29) is 11.4 Å². The highest BCUT2D eigenvalue weighted by Gasteiger charge is 2.61. The first-order valence-corrected chi connectivity index (χ1v) is 8.68. The van der Waals surface area contributed by atoms with Crippen LogP contribution in [-0.4, -0.2) is 37.1 Å². The average Bonchev–Trinajstić information content (AvgIpc) is 3.14. The van der Waals surface area contributed by atoms with Gasteiger partial charge in [-0.05, 0) is 56.3 Å². The number of hydrogen-bond donors (Lipinski definition) is 1. The fourth-order valence-corrected chi connectivity index (χ4v) is 5.74. The molecule has 1 spiro atoms. The molecule has 2 fully saturated rings. The fourth-order valence-electron chi connectivity index (χ4n) is 5.74. The predicted octanol–water partition coefficient (Wildman–Crippen LogP) is 2.67. The molecule has 1 aromatic carbocycles. The summed E-state index contributed by atoms with van der Waals surface area (Å²) in [6, 6.07) is 9.14. The molecular weight excluding hydrogens is 288 g/mol. The molecule has 1 aromatic rings. The van der Waals surface area contributed by atoms with Crippen molar-refractivity contribution in [1.82, 2.24) is 4.90 Å². The molecule has 3 atom stereocenters. The molecule has 4 heteroatoms. The molecule has 0 bridgehead atoms. The second kappa shape index (κ2) is 4.60. The summed E-state index contributed by atoms with van der Waals surface area (Å²) in [6.45, 7) is 2.33. The summed E-state index contributed by atoms with van der Waals surface area (Å²) >= 11 is 0. The standard InChI is InChI=1S/C19H22N2O2/c1-23-18(22)13-11-12-5-4-9-21-10-8-19(17(12)21)14-6-2-3-7-15(14)20-16(13)19/h2-3,6-7,12,17,20H,4-5,8-11H2,1H3/t12-,17+,19+/m0/s1. The molecule has 1 aliphatic carbocycles. The van der Waals surface area contributed by atoms with Gasteiger partial charge >= 0.3 is 5.97 Å². The maximum absolute atomic E-state index is 12.5. The number of anilines is 1. The zero-order chi connectivity index (χ0) is 15.6. The molecule has 0 amide bonds. The monoisotopic (exact) mass is 310 g/mol. The number of esters is 1. The first-order valence-electron chi connectivity index (χ1n) is 8.68. The van der Waals surface area contributed by atoms with Crippen molar-refractivity contribution < 1.29 is 9.53 Å². The van der Waals surface area contributed by atoms with E-state index >= 15 is 0 Å². The largest absolute Gasteiger partial charge is 0.466 e. The number of rotatable bonds is 1. The van der Waals surface area contributed by atoms with Crippen molar-refractivity contribution in [2.75, 3.05) is 25.5 Å². The van der Waals surface area contributed by atoms with Crippen molar-refractivity contribution in [1.29, 1.82) is 0 Å². The van der Waals surface area contributed by atoms with Gasteiger partial charge in [-0.1, -0.05) is 18.2 Å². The SMILES string of the molecule is COC(=O)C1=C2Nc3ccccc3[C@]23CCN2CCC[C@@H](C1)[C@@H]23. The molecule has 0 aromatic heterocycles. The van der Waals surface area contributed by atoms with E-state index < -0.39 is 0 Å². The lowest BCUT2D eigenvalue weighted by molar-refractivity contribution is -0.136. The Bertz CT molecular complexity index is 726. The third kappa shape index (κ3) is 1.57. The van der Waals surface area contributed by atoms with Crippen LogP contribution in [0.3, 0.4) is 0 Å². The van der Waals surface area contributed by atoms with Crippen LogP contribution in [0, 0.1) is 5.92 Å². The highest BCUT2D eigenvalue weighted by atomic mass is 16.5. The Kier molecular flexibility index (Phi) is 2.72. The number of piperidine rings is 1. The summed E-state index contributed by atoms with van der Waals surface area (Å²) in [4.78, 5) is 15.1. The zero-order valence-corrected chi connectivity index (χ0v) is 13.5. The van der Waals surface area contributed by atoms with Crippen LogP contribution in [0.5, 0.6) is 0 Å². The van der Waals surface area contributed by atoms with Crippen molar-refractivity contribution >= 4 is 11.7 Å². The Labute approximate surface area is 136 Å². The second-order valence-electron chi connectivity index (χ2n) is 7.32. The van der Waals surface area contributed by atoms with Crippen LogP contribution >= 0.6 is 0 Å². The third-order valence-electron chi connectivity index (χ3n) is 6.47. The number of carbonyl (C=O) groups excluding carboxylic acids is 1. The van der Waals surface area contributed by atoms with Gasteiger partial charge < -0.3 is 10.1 Å². The van der Waals surface area contributed by atoms with Crippen LogP contribution in [0.15, 0.2) is 35.5 Å². The van der Waals surface area contributed by atoms with Gasteiger partial charge in [0.25, 0.3) is 0 Å². The Hall–Kier alpha value is -1.81. The van der Waals surface area contributed by atoms with Gasteiger partial charge in [0.15, 0.2) is 0 Å².